The molecule has 0 amide bonds. The van der Waals surface area contributed by atoms with E-state index in [0.717, 1.165) is 0 Å². The molecule has 0 saturated carbocycles. The van der Waals surface area contributed by atoms with Crippen LogP contribution in [0, 0.1) is 5.21 Å². The molecule has 9 nitrogen and oxygen atoms in total. The van der Waals surface area contributed by atoms with Crippen LogP contribution in [0.15, 0.2) is 48.8 Å². The molecule has 27 heavy (non-hydrogen) atoms. The predicted octanol–water partition coefficient (Wildman–Crippen LogP) is 2.28. The minimum Gasteiger partial charge on any atom is -0.619 e. The van der Waals surface area contributed by atoms with Gasteiger partial charge in [0.05, 0.1) is 20.3 Å². The van der Waals surface area contributed by atoms with E-state index in [1.807, 2.05) is 0 Å². The Balaban J connectivity index is 2.09. The van der Waals surface area contributed by atoms with E-state index in [2.05, 4.69) is 9.97 Å². The normalized spacial score (nSPS) is 10.3. The van der Waals surface area contributed by atoms with Gasteiger partial charge in [0.15, 0.2) is 12.4 Å². The Hall–Kier alpha value is -3.88. The molecule has 1 N–H and O–H groups in total. The molecule has 1 aromatic carbocycles. The van der Waals surface area contributed by atoms with Gasteiger partial charge < -0.3 is 24.5 Å². The van der Waals surface area contributed by atoms with Crippen LogP contribution in [0.3, 0.4) is 0 Å². The number of carbonyl (C=O) groups is 1. The van der Waals surface area contributed by atoms with Crippen LogP contribution in [0.25, 0.3) is 11.1 Å². The van der Waals surface area contributed by atoms with Crippen molar-refractivity contribution < 1.29 is 28.8 Å². The average Bonchev–Trinajstić information content (AvgIpc) is 2.67. The molecule has 3 rings (SSSR count). The first kappa shape index (κ1) is 17.9. The maximum Gasteiger partial charge on any atom is 0.340 e. The molecular weight excluding hydrogens is 354 g/mol. The molecular formula is C18H15N3O6. The van der Waals surface area contributed by atoms with Gasteiger partial charge in [0.25, 0.3) is 0 Å². The Morgan fingerprint density at radius 3 is 2.41 bits per heavy atom. The van der Waals surface area contributed by atoms with E-state index < -0.39 is 5.97 Å². The standard InChI is InChI=1S/C18H15N3O6/c1-25-14-9-15(26-2)20-18(19-14)27-13-7-3-6-12(16(13)17(22)23)11-5-4-8-21(24)10-11/h3-10H,1-2H3,(H,22,23). The summed E-state index contributed by atoms with van der Waals surface area (Å²) in [5, 5.41) is 21.3. The molecule has 0 aliphatic heterocycles. The van der Waals surface area contributed by atoms with Gasteiger partial charge in [-0.25, -0.2) is 4.79 Å². The Labute approximate surface area is 154 Å². The topological polar surface area (TPSA) is 118 Å². The first-order valence-corrected chi connectivity index (χ1v) is 7.72. The van der Waals surface area contributed by atoms with Gasteiger partial charge in [0.2, 0.25) is 11.8 Å². The zero-order chi connectivity index (χ0) is 19.4. The van der Waals surface area contributed by atoms with Gasteiger partial charge in [-0.05, 0) is 12.1 Å². The third kappa shape index (κ3) is 3.87. The van der Waals surface area contributed by atoms with Gasteiger partial charge in [-0.15, -0.1) is 0 Å². The number of hydrogen-bond acceptors (Lipinski definition) is 7. The van der Waals surface area contributed by atoms with E-state index in [-0.39, 0.29) is 29.1 Å². The Morgan fingerprint density at radius 1 is 1.11 bits per heavy atom. The SMILES string of the molecule is COc1cc(OC)nc(Oc2cccc(-c3ccc[n+]([O-])c3)c2C(=O)O)n1. The van der Waals surface area contributed by atoms with E-state index >= 15 is 0 Å². The molecule has 0 aliphatic carbocycles. The van der Waals surface area contributed by atoms with Crippen LogP contribution in [-0.2, 0) is 0 Å². The fourth-order valence-corrected chi connectivity index (χ4v) is 2.43. The highest BCUT2D eigenvalue weighted by molar-refractivity contribution is 5.98. The summed E-state index contributed by atoms with van der Waals surface area (Å²) >= 11 is 0. The van der Waals surface area contributed by atoms with Crippen molar-refractivity contribution in [3.05, 3.63) is 59.6 Å². The second kappa shape index (κ2) is 7.56. The maximum atomic E-state index is 11.9. The van der Waals surface area contributed by atoms with E-state index in [9.17, 15) is 15.1 Å². The summed E-state index contributed by atoms with van der Waals surface area (Å²) in [5.74, 6) is -0.825. The number of benzene rings is 1. The van der Waals surface area contributed by atoms with Gasteiger partial charge in [-0.2, -0.15) is 14.7 Å². The lowest BCUT2D eigenvalue weighted by Gasteiger charge is -2.12. The summed E-state index contributed by atoms with van der Waals surface area (Å²) in [6.45, 7) is 0. The quantitative estimate of drug-likeness (QED) is 0.519. The van der Waals surface area contributed by atoms with Crippen LogP contribution in [0.2, 0.25) is 0 Å². The lowest BCUT2D eigenvalue weighted by atomic mass is 10.0. The van der Waals surface area contributed by atoms with Gasteiger partial charge in [-0.3, -0.25) is 0 Å². The van der Waals surface area contributed by atoms with Crippen LogP contribution < -0.4 is 18.9 Å². The highest BCUT2D eigenvalue weighted by Crippen LogP contribution is 2.33. The number of methoxy groups -OCH3 is 2. The second-order valence-corrected chi connectivity index (χ2v) is 5.27. The number of ether oxygens (including phenoxy) is 3. The van der Waals surface area contributed by atoms with Crippen molar-refractivity contribution in [3.63, 3.8) is 0 Å². The van der Waals surface area contributed by atoms with Crippen molar-refractivity contribution in [1.29, 1.82) is 0 Å². The summed E-state index contributed by atoms with van der Waals surface area (Å²) in [4.78, 5) is 19.9. The van der Waals surface area contributed by atoms with Crippen LogP contribution in [-0.4, -0.2) is 35.3 Å². The summed E-state index contributed by atoms with van der Waals surface area (Å²) in [5.41, 5.74) is 0.619. The maximum absolute atomic E-state index is 11.9. The molecule has 0 spiro atoms. The third-order valence-corrected chi connectivity index (χ3v) is 3.60. The number of pyridine rings is 1. The zero-order valence-electron chi connectivity index (χ0n) is 14.4. The van der Waals surface area contributed by atoms with Crippen LogP contribution in [0.4, 0.5) is 0 Å². The predicted molar refractivity (Wildman–Crippen MR) is 93.0 cm³/mol. The molecule has 0 atom stereocenters. The van der Waals surface area contributed by atoms with Gasteiger partial charge in [-0.1, -0.05) is 12.1 Å². The first-order chi connectivity index (χ1) is 13.0. The van der Waals surface area contributed by atoms with Crippen molar-refractivity contribution in [1.82, 2.24) is 9.97 Å². The number of aromatic nitrogens is 3. The highest BCUT2D eigenvalue weighted by Gasteiger charge is 2.21. The lowest BCUT2D eigenvalue weighted by Crippen LogP contribution is -2.24. The van der Waals surface area contributed by atoms with Crippen LogP contribution >= 0.6 is 0 Å². The number of hydrogen-bond donors (Lipinski definition) is 1. The molecule has 0 saturated heterocycles. The zero-order valence-corrected chi connectivity index (χ0v) is 14.4. The number of aromatic carboxylic acids is 1. The molecule has 3 aromatic rings. The molecule has 0 radical (unpaired) electrons. The Bertz CT molecular complexity index is 970. The fraction of sp³-hybridized carbons (Fsp3) is 0.111. The Kier molecular flexibility index (Phi) is 5.02. The number of nitrogens with zero attached hydrogens (tertiary/aromatic N) is 3. The minimum absolute atomic E-state index is 0.0107. The monoisotopic (exact) mass is 369 g/mol. The molecule has 0 bridgehead atoms. The average molecular weight is 369 g/mol. The lowest BCUT2D eigenvalue weighted by molar-refractivity contribution is -0.604. The molecule has 0 unspecified atom stereocenters. The number of carboxylic acid groups (broad SMARTS) is 1. The molecule has 2 heterocycles. The molecule has 138 valence electrons. The van der Waals surface area contributed by atoms with Crippen molar-refractivity contribution in [3.8, 4) is 34.6 Å². The van der Waals surface area contributed by atoms with Gasteiger partial charge in [0, 0.05) is 17.2 Å². The van der Waals surface area contributed by atoms with Crippen LogP contribution in [0.5, 0.6) is 23.5 Å². The second-order valence-electron chi connectivity index (χ2n) is 5.27. The van der Waals surface area contributed by atoms with Gasteiger partial charge in [0.1, 0.15) is 11.3 Å². The number of carboxylic acids is 1. The Morgan fingerprint density at radius 2 is 1.81 bits per heavy atom. The molecule has 0 fully saturated rings. The highest BCUT2D eigenvalue weighted by atomic mass is 16.5. The van der Waals surface area contributed by atoms with Gasteiger partial charge >= 0.3 is 12.0 Å². The van der Waals surface area contributed by atoms with E-state index in [1.165, 1.54) is 44.8 Å². The molecule has 9 heteroatoms. The van der Waals surface area contributed by atoms with Crippen molar-refractivity contribution >= 4 is 5.97 Å². The minimum atomic E-state index is -1.23. The van der Waals surface area contributed by atoms with Crippen molar-refractivity contribution in [2.24, 2.45) is 0 Å². The number of rotatable bonds is 6. The summed E-state index contributed by atoms with van der Waals surface area (Å²) in [6.07, 6.45) is 2.58. The summed E-state index contributed by atoms with van der Waals surface area (Å²) in [6, 6.07) is 9.13. The van der Waals surface area contributed by atoms with Crippen molar-refractivity contribution in [2.75, 3.05) is 14.2 Å². The van der Waals surface area contributed by atoms with Crippen molar-refractivity contribution in [2.45, 2.75) is 0 Å². The molecule has 2 aromatic heterocycles. The van der Waals surface area contributed by atoms with Crippen LogP contribution in [0.1, 0.15) is 10.4 Å². The summed E-state index contributed by atoms with van der Waals surface area (Å²) in [7, 11) is 2.84. The first-order valence-electron chi connectivity index (χ1n) is 7.72. The fourth-order valence-electron chi connectivity index (χ4n) is 2.43. The summed E-state index contributed by atoms with van der Waals surface area (Å²) < 4.78 is 16.3. The third-order valence-electron chi connectivity index (χ3n) is 3.60. The van der Waals surface area contributed by atoms with E-state index in [0.29, 0.717) is 15.9 Å². The van der Waals surface area contributed by atoms with E-state index in [1.54, 1.807) is 18.2 Å². The van der Waals surface area contributed by atoms with E-state index in [4.69, 9.17) is 14.2 Å². The smallest absolute Gasteiger partial charge is 0.340 e. The molecule has 0 aliphatic rings. The largest absolute Gasteiger partial charge is 0.619 e.